The summed E-state index contributed by atoms with van der Waals surface area (Å²) in [5, 5.41) is 20.3. The molecule has 0 spiro atoms. The zero-order valence-electron chi connectivity index (χ0n) is 16.2. The number of aliphatic imine (C=N–C) groups is 1. The molecule has 2 aromatic carbocycles. The van der Waals surface area contributed by atoms with Crippen molar-refractivity contribution in [2.24, 2.45) is 4.99 Å². The Morgan fingerprint density at radius 1 is 1.07 bits per heavy atom. The van der Waals surface area contributed by atoms with E-state index >= 15 is 0 Å². The van der Waals surface area contributed by atoms with Crippen LogP contribution in [0.25, 0.3) is 0 Å². The Labute approximate surface area is 163 Å². The van der Waals surface area contributed by atoms with Crippen molar-refractivity contribution in [1.29, 1.82) is 0 Å². The Balaban J connectivity index is 1.78. The lowest BCUT2D eigenvalue weighted by Gasteiger charge is -2.15. The molecule has 0 saturated heterocycles. The molecular formula is C19H25N5O4. The summed E-state index contributed by atoms with van der Waals surface area (Å²) in [6.45, 7) is 1.80. The van der Waals surface area contributed by atoms with Crippen LogP contribution in [-0.4, -0.2) is 45.2 Å². The molecule has 0 aliphatic rings. The highest BCUT2D eigenvalue weighted by Gasteiger charge is 2.06. The number of guanidine groups is 1. The molecule has 0 unspecified atom stereocenters. The van der Waals surface area contributed by atoms with E-state index in [-0.39, 0.29) is 5.69 Å². The molecule has 0 bridgehead atoms. The molecule has 28 heavy (non-hydrogen) atoms. The van der Waals surface area contributed by atoms with Gasteiger partial charge in [-0.2, -0.15) is 0 Å². The van der Waals surface area contributed by atoms with Crippen LogP contribution < -0.4 is 25.4 Å². The molecule has 0 aliphatic heterocycles. The molecule has 2 rings (SSSR count). The summed E-state index contributed by atoms with van der Waals surface area (Å²) in [5.41, 5.74) is 1.87. The Bertz CT molecular complexity index is 808. The number of non-ortho nitro benzene ring substituents is 1. The van der Waals surface area contributed by atoms with E-state index in [1.165, 1.54) is 12.1 Å². The van der Waals surface area contributed by atoms with E-state index in [0.29, 0.717) is 25.6 Å². The first-order valence-corrected chi connectivity index (χ1v) is 8.71. The first kappa shape index (κ1) is 20.8. The number of hydrogen-bond acceptors (Lipinski definition) is 6. The van der Waals surface area contributed by atoms with Crippen molar-refractivity contribution < 1.29 is 14.4 Å². The van der Waals surface area contributed by atoms with E-state index in [4.69, 9.17) is 9.47 Å². The predicted molar refractivity (Wildman–Crippen MR) is 109 cm³/mol. The zero-order chi connectivity index (χ0) is 20.4. The average Bonchev–Trinajstić information content (AvgIpc) is 2.73. The third kappa shape index (κ3) is 6.04. The standard InChI is InChI=1S/C19H25N5O4/c1-20-19(23-13-14-4-9-17(27-2)12-18(14)28-3)22-11-10-21-15-5-7-16(8-6-15)24(25)26/h4-9,12,21H,10-11,13H2,1-3H3,(H2,20,22,23). The van der Waals surface area contributed by atoms with Gasteiger partial charge in [0.05, 0.1) is 19.1 Å². The van der Waals surface area contributed by atoms with Gasteiger partial charge in [-0.1, -0.05) is 0 Å². The highest BCUT2D eigenvalue weighted by atomic mass is 16.6. The molecule has 0 saturated carbocycles. The van der Waals surface area contributed by atoms with E-state index < -0.39 is 4.92 Å². The number of benzene rings is 2. The predicted octanol–water partition coefficient (Wildman–Crippen LogP) is 2.39. The molecule has 3 N–H and O–H groups in total. The number of nitro benzene ring substituents is 1. The number of nitro groups is 1. The molecule has 0 atom stereocenters. The molecule has 0 fully saturated rings. The fraction of sp³-hybridized carbons (Fsp3) is 0.316. The minimum absolute atomic E-state index is 0.0715. The van der Waals surface area contributed by atoms with Gasteiger partial charge in [0.15, 0.2) is 5.96 Å². The van der Waals surface area contributed by atoms with E-state index in [1.54, 1.807) is 33.4 Å². The van der Waals surface area contributed by atoms with Gasteiger partial charge < -0.3 is 25.4 Å². The summed E-state index contributed by atoms with van der Waals surface area (Å²) in [5.74, 6) is 2.13. The molecule has 0 radical (unpaired) electrons. The monoisotopic (exact) mass is 387 g/mol. The Morgan fingerprint density at radius 3 is 2.43 bits per heavy atom. The van der Waals surface area contributed by atoms with Gasteiger partial charge in [0.25, 0.3) is 5.69 Å². The maximum absolute atomic E-state index is 10.7. The fourth-order valence-electron chi connectivity index (χ4n) is 2.49. The van der Waals surface area contributed by atoms with Gasteiger partial charge in [-0.3, -0.25) is 15.1 Å². The van der Waals surface area contributed by atoms with E-state index in [9.17, 15) is 10.1 Å². The van der Waals surface area contributed by atoms with Gasteiger partial charge in [0, 0.05) is 56.1 Å². The van der Waals surface area contributed by atoms with Crippen molar-refractivity contribution >= 4 is 17.3 Å². The van der Waals surface area contributed by atoms with Crippen molar-refractivity contribution in [3.63, 3.8) is 0 Å². The Hall–Kier alpha value is -3.49. The van der Waals surface area contributed by atoms with Crippen molar-refractivity contribution in [1.82, 2.24) is 10.6 Å². The summed E-state index contributed by atoms with van der Waals surface area (Å²) < 4.78 is 10.6. The molecule has 0 aromatic heterocycles. The van der Waals surface area contributed by atoms with Crippen LogP contribution >= 0.6 is 0 Å². The second kappa shape index (κ2) is 10.6. The van der Waals surface area contributed by atoms with Crippen molar-refractivity contribution in [2.75, 3.05) is 39.7 Å². The van der Waals surface area contributed by atoms with Crippen LogP contribution in [0, 0.1) is 10.1 Å². The first-order chi connectivity index (χ1) is 13.6. The molecule has 2 aromatic rings. The van der Waals surface area contributed by atoms with Crippen LogP contribution in [0.3, 0.4) is 0 Å². The second-order valence-corrected chi connectivity index (χ2v) is 5.76. The SMILES string of the molecule is CN=C(NCCNc1ccc([N+](=O)[O-])cc1)NCc1ccc(OC)cc1OC. The highest BCUT2D eigenvalue weighted by Crippen LogP contribution is 2.24. The Kier molecular flexibility index (Phi) is 7.89. The minimum Gasteiger partial charge on any atom is -0.497 e. The topological polar surface area (TPSA) is 110 Å². The summed E-state index contributed by atoms with van der Waals surface area (Å²) >= 11 is 0. The van der Waals surface area contributed by atoms with Gasteiger partial charge in [0.2, 0.25) is 0 Å². The van der Waals surface area contributed by atoms with Gasteiger partial charge in [-0.25, -0.2) is 0 Å². The maximum atomic E-state index is 10.7. The lowest BCUT2D eigenvalue weighted by molar-refractivity contribution is -0.384. The number of ether oxygens (including phenoxy) is 2. The molecular weight excluding hydrogens is 362 g/mol. The molecule has 9 nitrogen and oxygen atoms in total. The van der Waals surface area contributed by atoms with E-state index in [1.807, 2.05) is 18.2 Å². The number of anilines is 1. The number of methoxy groups -OCH3 is 2. The van der Waals surface area contributed by atoms with E-state index in [0.717, 1.165) is 22.7 Å². The van der Waals surface area contributed by atoms with Crippen molar-refractivity contribution in [3.8, 4) is 11.5 Å². The highest BCUT2D eigenvalue weighted by molar-refractivity contribution is 5.79. The zero-order valence-corrected chi connectivity index (χ0v) is 16.2. The van der Waals surface area contributed by atoms with Crippen LogP contribution in [0.15, 0.2) is 47.5 Å². The first-order valence-electron chi connectivity index (χ1n) is 8.71. The summed E-state index contributed by atoms with van der Waals surface area (Å²) in [6, 6.07) is 12.0. The van der Waals surface area contributed by atoms with Crippen LogP contribution in [0.2, 0.25) is 0 Å². The van der Waals surface area contributed by atoms with Gasteiger partial charge in [-0.15, -0.1) is 0 Å². The van der Waals surface area contributed by atoms with Crippen LogP contribution in [0.5, 0.6) is 11.5 Å². The number of nitrogens with one attached hydrogen (secondary N) is 3. The number of hydrogen-bond donors (Lipinski definition) is 3. The maximum Gasteiger partial charge on any atom is 0.269 e. The van der Waals surface area contributed by atoms with E-state index in [2.05, 4.69) is 20.9 Å². The van der Waals surface area contributed by atoms with Gasteiger partial charge in [0.1, 0.15) is 11.5 Å². The smallest absolute Gasteiger partial charge is 0.269 e. The summed E-state index contributed by atoms with van der Waals surface area (Å²) in [6.07, 6.45) is 0. The molecule has 150 valence electrons. The normalized spacial score (nSPS) is 10.9. The van der Waals surface area contributed by atoms with Gasteiger partial charge in [-0.05, 0) is 24.3 Å². The fourth-order valence-corrected chi connectivity index (χ4v) is 2.49. The summed E-state index contributed by atoms with van der Waals surface area (Å²) in [7, 11) is 4.93. The lowest BCUT2D eigenvalue weighted by Crippen LogP contribution is -2.39. The lowest BCUT2D eigenvalue weighted by atomic mass is 10.2. The van der Waals surface area contributed by atoms with Gasteiger partial charge >= 0.3 is 0 Å². The summed E-state index contributed by atoms with van der Waals surface area (Å²) in [4.78, 5) is 14.4. The average molecular weight is 387 g/mol. The number of nitrogens with zero attached hydrogens (tertiary/aromatic N) is 2. The van der Waals surface area contributed by atoms with Crippen LogP contribution in [-0.2, 0) is 6.54 Å². The van der Waals surface area contributed by atoms with Crippen LogP contribution in [0.1, 0.15) is 5.56 Å². The largest absolute Gasteiger partial charge is 0.497 e. The Morgan fingerprint density at radius 2 is 1.82 bits per heavy atom. The van der Waals surface area contributed by atoms with Crippen LogP contribution in [0.4, 0.5) is 11.4 Å². The quantitative estimate of drug-likeness (QED) is 0.199. The molecule has 0 aliphatic carbocycles. The third-order valence-electron chi connectivity index (χ3n) is 3.99. The molecule has 0 amide bonds. The molecule has 9 heteroatoms. The number of rotatable bonds is 9. The minimum atomic E-state index is -0.418. The molecule has 0 heterocycles. The van der Waals surface area contributed by atoms with Crippen molar-refractivity contribution in [3.05, 3.63) is 58.1 Å². The van der Waals surface area contributed by atoms with Crippen molar-refractivity contribution in [2.45, 2.75) is 6.54 Å². The second-order valence-electron chi connectivity index (χ2n) is 5.76. The third-order valence-corrected chi connectivity index (χ3v) is 3.99.